The van der Waals surface area contributed by atoms with Gasteiger partial charge in [-0.25, -0.2) is 4.79 Å². The fourth-order valence-corrected chi connectivity index (χ4v) is 7.29. The minimum absolute atomic E-state index is 0.148. The zero-order valence-corrected chi connectivity index (χ0v) is 28.5. The monoisotopic (exact) mass is 638 g/mol. The van der Waals surface area contributed by atoms with E-state index >= 15 is 0 Å². The summed E-state index contributed by atoms with van der Waals surface area (Å²) in [6, 6.07) is 0. The van der Waals surface area contributed by atoms with E-state index < -0.39 is 24.4 Å². The van der Waals surface area contributed by atoms with Crippen LogP contribution < -0.4 is 0 Å². The fourth-order valence-electron chi connectivity index (χ4n) is 7.29. The molecule has 3 heterocycles. The number of aliphatic hydroxyl groups excluding tert-OH is 4. The molecule has 262 valence electrons. The van der Waals surface area contributed by atoms with E-state index in [1.54, 1.807) is 6.08 Å². The number of rotatable bonds is 25. The van der Waals surface area contributed by atoms with Crippen LogP contribution in [0.1, 0.15) is 162 Å². The molecule has 0 aromatic rings. The van der Waals surface area contributed by atoms with Gasteiger partial charge in [-0.1, -0.05) is 90.4 Å². The minimum Gasteiger partial charge on any atom is -0.455 e. The van der Waals surface area contributed by atoms with Gasteiger partial charge >= 0.3 is 5.97 Å². The highest BCUT2D eigenvalue weighted by molar-refractivity contribution is 5.90. The fraction of sp³-hybridized carbons (Fsp3) is 0.919. The lowest BCUT2D eigenvalue weighted by Gasteiger charge is -2.24. The molecular weight excluding hydrogens is 572 g/mol. The lowest BCUT2D eigenvalue weighted by atomic mass is 9.98. The number of esters is 1. The minimum atomic E-state index is -0.638. The molecule has 3 rings (SSSR count). The van der Waals surface area contributed by atoms with Gasteiger partial charge in [0.2, 0.25) is 0 Å². The van der Waals surface area contributed by atoms with Gasteiger partial charge in [-0.05, 0) is 70.8 Å². The SMILES string of the molecule is CCCCCCCCCCCC[C@H](O)[C@@H]1CC[C@H]([C@H](O)CC[C@H](O)[C@H]2CC[C@@H](CCCCC[C@H](O)CC3=C[C@@H](C)OC3=O)O2)O1. The van der Waals surface area contributed by atoms with Crippen molar-refractivity contribution in [1.82, 2.24) is 0 Å². The van der Waals surface area contributed by atoms with Crippen LogP contribution in [0.2, 0.25) is 0 Å². The summed E-state index contributed by atoms with van der Waals surface area (Å²) in [6.07, 6.45) is 21.5. The van der Waals surface area contributed by atoms with Gasteiger partial charge < -0.3 is 34.6 Å². The highest BCUT2D eigenvalue weighted by Gasteiger charge is 2.36. The van der Waals surface area contributed by atoms with Crippen molar-refractivity contribution in [3.8, 4) is 0 Å². The van der Waals surface area contributed by atoms with Crippen LogP contribution in [0.25, 0.3) is 0 Å². The molecule has 0 radical (unpaired) electrons. The lowest BCUT2D eigenvalue weighted by Crippen LogP contribution is -2.33. The Balaban J connectivity index is 1.17. The van der Waals surface area contributed by atoms with E-state index in [2.05, 4.69) is 6.92 Å². The highest BCUT2D eigenvalue weighted by Crippen LogP contribution is 2.31. The molecule has 2 saturated heterocycles. The molecule has 8 nitrogen and oxygen atoms in total. The third-order valence-electron chi connectivity index (χ3n) is 10.1. The normalized spacial score (nSPS) is 27.8. The van der Waals surface area contributed by atoms with Crippen LogP contribution in [0.5, 0.6) is 0 Å². The predicted octanol–water partition coefficient (Wildman–Crippen LogP) is 6.83. The van der Waals surface area contributed by atoms with Crippen molar-refractivity contribution in [1.29, 1.82) is 0 Å². The van der Waals surface area contributed by atoms with Crippen LogP contribution in [0.15, 0.2) is 11.6 Å². The summed E-state index contributed by atoms with van der Waals surface area (Å²) in [7, 11) is 0. The van der Waals surface area contributed by atoms with Gasteiger partial charge in [0.25, 0.3) is 0 Å². The maximum Gasteiger partial charge on any atom is 0.334 e. The van der Waals surface area contributed by atoms with Gasteiger partial charge in [0.15, 0.2) is 0 Å². The quantitative estimate of drug-likeness (QED) is 0.0634. The molecule has 0 bridgehead atoms. The summed E-state index contributed by atoms with van der Waals surface area (Å²) in [6.45, 7) is 4.07. The van der Waals surface area contributed by atoms with Gasteiger partial charge in [-0.3, -0.25) is 0 Å². The first kappa shape index (κ1) is 38.4. The number of hydrogen-bond acceptors (Lipinski definition) is 8. The van der Waals surface area contributed by atoms with Gasteiger partial charge in [0, 0.05) is 12.0 Å². The second kappa shape index (κ2) is 21.8. The number of ether oxygens (including phenoxy) is 3. The Morgan fingerprint density at radius 2 is 1.18 bits per heavy atom. The zero-order chi connectivity index (χ0) is 32.4. The predicted molar refractivity (Wildman–Crippen MR) is 177 cm³/mol. The molecule has 0 unspecified atom stereocenters. The molecule has 4 N–H and O–H groups in total. The molecular formula is C37H66O8. The summed E-state index contributed by atoms with van der Waals surface area (Å²) >= 11 is 0. The third-order valence-corrected chi connectivity index (χ3v) is 10.1. The molecule has 45 heavy (non-hydrogen) atoms. The standard InChI is InChI=1S/C37H66O8/c1-3-4-5-6-7-8-9-10-11-15-18-31(39)35-23-24-36(45-35)33(41)21-20-32(40)34-22-19-30(44-34)17-14-12-13-16-29(38)26-28-25-27(2)43-37(28)42/h25,27,29-36,38-41H,3-24,26H2,1-2H3/t27-,29+,30-,31+,32+,33-,34-,35+,36-/m1/s1. The number of unbranched alkanes of at least 4 members (excludes halogenated alkanes) is 11. The van der Waals surface area contributed by atoms with Crippen molar-refractivity contribution < 1.29 is 39.4 Å². The number of cyclic esters (lactones) is 1. The molecule has 0 saturated carbocycles. The first-order valence-corrected chi connectivity index (χ1v) is 18.7. The van der Waals surface area contributed by atoms with E-state index in [0.717, 1.165) is 70.6 Å². The highest BCUT2D eigenvalue weighted by atomic mass is 16.5. The Kier molecular flexibility index (Phi) is 18.6. The van der Waals surface area contributed by atoms with Crippen LogP contribution in [0, 0.1) is 0 Å². The Bertz CT molecular complexity index is 833. The summed E-state index contributed by atoms with van der Waals surface area (Å²) < 4.78 is 17.3. The van der Waals surface area contributed by atoms with Crippen LogP contribution in [0.3, 0.4) is 0 Å². The van der Waals surface area contributed by atoms with E-state index in [0.29, 0.717) is 31.3 Å². The van der Waals surface area contributed by atoms with Crippen LogP contribution in [-0.2, 0) is 19.0 Å². The second-order valence-electron chi connectivity index (χ2n) is 14.2. The average molecular weight is 639 g/mol. The number of aliphatic hydroxyl groups is 4. The molecule has 0 aliphatic carbocycles. The van der Waals surface area contributed by atoms with E-state index in [-0.39, 0.29) is 36.5 Å². The molecule has 0 amide bonds. The van der Waals surface area contributed by atoms with Gasteiger partial charge in [0.1, 0.15) is 6.10 Å². The summed E-state index contributed by atoms with van der Waals surface area (Å²) in [5, 5.41) is 42.4. The lowest BCUT2D eigenvalue weighted by molar-refractivity contribution is -0.139. The largest absolute Gasteiger partial charge is 0.455 e. The van der Waals surface area contributed by atoms with Gasteiger partial charge in [0.05, 0.1) is 48.8 Å². The van der Waals surface area contributed by atoms with E-state index in [9.17, 15) is 25.2 Å². The van der Waals surface area contributed by atoms with Crippen molar-refractivity contribution in [2.24, 2.45) is 0 Å². The van der Waals surface area contributed by atoms with E-state index in [4.69, 9.17) is 14.2 Å². The second-order valence-corrected chi connectivity index (χ2v) is 14.2. The molecule has 0 spiro atoms. The van der Waals surface area contributed by atoms with Crippen molar-refractivity contribution in [3.63, 3.8) is 0 Å². The van der Waals surface area contributed by atoms with Crippen molar-refractivity contribution in [2.75, 3.05) is 0 Å². The molecule has 3 aliphatic rings. The van der Waals surface area contributed by atoms with E-state index in [1.165, 1.54) is 51.4 Å². The summed E-state index contributed by atoms with van der Waals surface area (Å²) in [4.78, 5) is 11.7. The maximum absolute atomic E-state index is 11.7. The Morgan fingerprint density at radius 1 is 0.667 bits per heavy atom. The van der Waals surface area contributed by atoms with Gasteiger partial charge in [-0.15, -0.1) is 0 Å². The number of carbonyl (C=O) groups is 1. The molecule has 9 atom stereocenters. The van der Waals surface area contributed by atoms with Crippen LogP contribution >= 0.6 is 0 Å². The van der Waals surface area contributed by atoms with Gasteiger partial charge in [-0.2, -0.15) is 0 Å². The molecule has 0 aromatic heterocycles. The third kappa shape index (κ3) is 14.7. The maximum atomic E-state index is 11.7. The Morgan fingerprint density at radius 3 is 1.78 bits per heavy atom. The Labute approximate surface area is 273 Å². The molecule has 3 aliphatic heterocycles. The van der Waals surface area contributed by atoms with Crippen LogP contribution in [-0.4, -0.2) is 81.3 Å². The molecule has 8 heteroatoms. The summed E-state index contributed by atoms with van der Waals surface area (Å²) in [5.41, 5.74) is 0.583. The van der Waals surface area contributed by atoms with Crippen LogP contribution in [0.4, 0.5) is 0 Å². The van der Waals surface area contributed by atoms with E-state index in [1.807, 2.05) is 6.92 Å². The smallest absolute Gasteiger partial charge is 0.334 e. The van der Waals surface area contributed by atoms with Crippen molar-refractivity contribution >= 4 is 5.97 Å². The number of hydrogen-bond donors (Lipinski definition) is 4. The molecule has 0 aromatic carbocycles. The Hall–Kier alpha value is -1.03. The van der Waals surface area contributed by atoms with Crippen molar-refractivity contribution in [2.45, 2.75) is 216 Å². The number of carbonyl (C=O) groups excluding carboxylic acids is 1. The topological polar surface area (TPSA) is 126 Å². The molecule has 2 fully saturated rings. The first-order chi connectivity index (χ1) is 21.8. The van der Waals surface area contributed by atoms with Crippen molar-refractivity contribution in [3.05, 3.63) is 11.6 Å². The zero-order valence-electron chi connectivity index (χ0n) is 28.5. The summed E-state index contributed by atoms with van der Waals surface area (Å²) in [5.74, 6) is -0.309. The first-order valence-electron chi connectivity index (χ1n) is 18.7. The average Bonchev–Trinajstić information content (AvgIpc) is 3.77.